The molecule has 4 aliphatic rings. The van der Waals surface area contributed by atoms with E-state index in [0.29, 0.717) is 25.1 Å². The first-order valence-electron chi connectivity index (χ1n) is 11.5. The van der Waals surface area contributed by atoms with E-state index >= 15 is 0 Å². The second kappa shape index (κ2) is 8.18. The summed E-state index contributed by atoms with van der Waals surface area (Å²) < 4.78 is 21.7. The molecular weight excluding hydrogens is 477 g/mol. The van der Waals surface area contributed by atoms with Gasteiger partial charge in [0, 0.05) is 24.9 Å². The van der Waals surface area contributed by atoms with E-state index in [-0.39, 0.29) is 24.0 Å². The number of likely N-dealkylation sites (tertiary alicyclic amines) is 1. The fourth-order valence-electron chi connectivity index (χ4n) is 6.15. The van der Waals surface area contributed by atoms with Crippen molar-refractivity contribution in [1.29, 1.82) is 0 Å². The summed E-state index contributed by atoms with van der Waals surface area (Å²) in [6.45, 7) is 3.20. The lowest BCUT2D eigenvalue weighted by atomic mass is 9.50. The first-order valence-corrected chi connectivity index (χ1v) is 12.2. The lowest BCUT2D eigenvalue weighted by Crippen LogP contribution is -2.74. The average Bonchev–Trinajstić information content (AvgIpc) is 3.15. The summed E-state index contributed by atoms with van der Waals surface area (Å²) in [6.07, 6.45) is 0.912. The van der Waals surface area contributed by atoms with Gasteiger partial charge < -0.3 is 34.1 Å². The fourth-order valence-corrected chi connectivity index (χ4v) is 6.42. The van der Waals surface area contributed by atoms with Crippen LogP contribution in [0.25, 0.3) is 0 Å². The van der Waals surface area contributed by atoms with Gasteiger partial charge in [0.25, 0.3) is 0 Å². The zero-order chi connectivity index (χ0) is 25.3. The third-order valence-electron chi connectivity index (χ3n) is 7.72. The summed E-state index contributed by atoms with van der Waals surface area (Å²) in [5.74, 6) is -3.18. The van der Waals surface area contributed by atoms with Gasteiger partial charge in [-0.25, -0.2) is 9.59 Å². The van der Waals surface area contributed by atoms with Crippen molar-refractivity contribution in [3.8, 4) is 11.5 Å². The number of carbonyl (C=O) groups is 3. The van der Waals surface area contributed by atoms with Crippen molar-refractivity contribution in [3.05, 3.63) is 35.1 Å². The molecule has 1 fully saturated rings. The van der Waals surface area contributed by atoms with Crippen LogP contribution in [0.1, 0.15) is 37.8 Å². The van der Waals surface area contributed by atoms with E-state index in [1.807, 2.05) is 22.4 Å². The number of nitrogens with zero attached hydrogens (tertiary/aromatic N) is 1. The van der Waals surface area contributed by atoms with Crippen LogP contribution < -0.4 is 4.74 Å². The van der Waals surface area contributed by atoms with E-state index in [1.54, 1.807) is 12.1 Å². The highest BCUT2D eigenvalue weighted by Gasteiger charge is 2.72. The van der Waals surface area contributed by atoms with Crippen molar-refractivity contribution in [2.75, 3.05) is 13.6 Å². The topological polar surface area (TPSA) is 132 Å². The van der Waals surface area contributed by atoms with E-state index in [2.05, 4.69) is 4.90 Å². The summed E-state index contributed by atoms with van der Waals surface area (Å²) in [5, 5.41) is 22.7. The molecule has 1 aromatic carbocycles. The van der Waals surface area contributed by atoms with Crippen molar-refractivity contribution in [3.63, 3.8) is 0 Å². The van der Waals surface area contributed by atoms with E-state index in [9.17, 15) is 24.6 Å². The van der Waals surface area contributed by atoms with Gasteiger partial charge in [-0.1, -0.05) is 15.3 Å². The van der Waals surface area contributed by atoms with Gasteiger partial charge in [0.15, 0.2) is 23.7 Å². The Morgan fingerprint density at radius 2 is 2.00 bits per heavy atom. The monoisotopic (exact) mass is 505 g/mol. The summed E-state index contributed by atoms with van der Waals surface area (Å²) in [4.78, 5) is 38.2. The van der Waals surface area contributed by atoms with Crippen molar-refractivity contribution >= 4 is 27.1 Å². The Labute approximate surface area is 204 Å². The predicted octanol–water partition coefficient (Wildman–Crippen LogP) is 0.909. The Hall–Kier alpha value is -2.68. The highest BCUT2D eigenvalue weighted by atomic mass is 31.0. The molecule has 1 spiro atoms. The number of phenols is 1. The Bertz CT molecular complexity index is 1150. The SMILES string of the molecule is CC(=O)O[C@@H](P)C(=O)O[C@@H](C)C(=O)OC1=CC[C@@]2(O)[C@H]3Cc4ccc(O)c5c4C2(CCN3C)C1O5. The number of benzene rings is 1. The number of piperidine rings is 1. The van der Waals surface area contributed by atoms with Gasteiger partial charge >= 0.3 is 17.9 Å². The lowest BCUT2D eigenvalue weighted by Gasteiger charge is -2.61. The van der Waals surface area contributed by atoms with Crippen molar-refractivity contribution in [2.24, 2.45) is 0 Å². The molecule has 2 N–H and O–H groups in total. The molecule has 0 radical (unpaired) electrons. The molecule has 0 saturated carbocycles. The van der Waals surface area contributed by atoms with E-state index in [4.69, 9.17) is 18.9 Å². The third-order valence-corrected chi connectivity index (χ3v) is 8.13. The first kappa shape index (κ1) is 24.0. The minimum absolute atomic E-state index is 0.0304. The largest absolute Gasteiger partial charge is 0.504 e. The molecule has 188 valence electrons. The summed E-state index contributed by atoms with van der Waals surface area (Å²) in [7, 11) is 4.01. The summed E-state index contributed by atoms with van der Waals surface area (Å²) >= 11 is 0. The van der Waals surface area contributed by atoms with E-state index in [0.717, 1.165) is 18.1 Å². The van der Waals surface area contributed by atoms with Gasteiger partial charge in [0.05, 0.1) is 11.0 Å². The van der Waals surface area contributed by atoms with Crippen molar-refractivity contribution < 1.29 is 43.5 Å². The van der Waals surface area contributed by atoms with Crippen LogP contribution >= 0.6 is 9.24 Å². The Morgan fingerprint density at radius 3 is 2.71 bits per heavy atom. The molecule has 2 heterocycles. The van der Waals surface area contributed by atoms with Gasteiger partial charge in [0.1, 0.15) is 5.76 Å². The van der Waals surface area contributed by atoms with Gasteiger partial charge in [-0.15, -0.1) is 0 Å². The number of hydrogen-bond donors (Lipinski definition) is 2. The molecule has 1 aromatic rings. The molecule has 7 atom stereocenters. The molecule has 3 unspecified atom stereocenters. The van der Waals surface area contributed by atoms with E-state index < -0.39 is 47.0 Å². The van der Waals surface area contributed by atoms with Crippen LogP contribution in [0.4, 0.5) is 0 Å². The normalized spacial score (nSPS) is 31.9. The number of rotatable bonds is 5. The number of aliphatic hydroxyl groups is 1. The molecule has 1 saturated heterocycles. The Morgan fingerprint density at radius 1 is 1.26 bits per heavy atom. The predicted molar refractivity (Wildman–Crippen MR) is 123 cm³/mol. The van der Waals surface area contributed by atoms with Gasteiger partial charge in [-0.05, 0) is 51.1 Å². The minimum Gasteiger partial charge on any atom is -0.504 e. The number of phenolic OH excluding ortho intramolecular Hbond substituents is 1. The fraction of sp³-hybridized carbons (Fsp3) is 0.542. The number of aromatic hydroxyl groups is 1. The molecule has 35 heavy (non-hydrogen) atoms. The van der Waals surface area contributed by atoms with Crippen LogP contribution in [0, 0.1) is 0 Å². The van der Waals surface area contributed by atoms with Crippen molar-refractivity contribution in [2.45, 2.75) is 68.2 Å². The number of esters is 3. The molecule has 0 aromatic heterocycles. The molecule has 2 bridgehead atoms. The van der Waals surface area contributed by atoms with Crippen LogP contribution in [0.5, 0.6) is 11.5 Å². The van der Waals surface area contributed by atoms with Crippen LogP contribution in [0.3, 0.4) is 0 Å². The van der Waals surface area contributed by atoms with Crippen LogP contribution in [0.2, 0.25) is 0 Å². The van der Waals surface area contributed by atoms with Gasteiger partial charge in [0.2, 0.25) is 5.85 Å². The molecular formula is C24H28NO9P. The molecule has 2 aliphatic heterocycles. The maximum atomic E-state index is 12.9. The van der Waals surface area contributed by atoms with Crippen LogP contribution in [-0.2, 0) is 40.4 Å². The maximum Gasteiger partial charge on any atom is 0.352 e. The standard InChI is InChI=1S/C24H28NO9P/c1-11(31-21(29)22(35)32-12(2)26)20(28)33-15-6-7-24(30)16-10-13-4-5-14(27)18-17(13)23(24,19(15)34-18)8-9-25(16)3/h4-6,11,16,19,22,27,30H,7-10,35H2,1-3H3/t11-,16+,19?,22-,23?,24+/m0/s1. The second-order valence-electron chi connectivity index (χ2n) is 9.63. The quantitative estimate of drug-likeness (QED) is 0.338. The molecule has 0 amide bonds. The summed E-state index contributed by atoms with van der Waals surface area (Å²) in [6, 6.07) is 3.28. The smallest absolute Gasteiger partial charge is 0.352 e. The number of hydrogen-bond acceptors (Lipinski definition) is 10. The lowest BCUT2D eigenvalue weighted by molar-refractivity contribution is -0.178. The molecule has 11 heteroatoms. The minimum atomic E-state index is -1.29. The first-order chi connectivity index (χ1) is 16.5. The van der Waals surface area contributed by atoms with Crippen molar-refractivity contribution in [1.82, 2.24) is 4.90 Å². The molecule has 2 aliphatic carbocycles. The van der Waals surface area contributed by atoms with E-state index in [1.165, 1.54) is 6.92 Å². The van der Waals surface area contributed by atoms with Crippen LogP contribution in [-0.4, -0.2) is 76.3 Å². The highest BCUT2D eigenvalue weighted by Crippen LogP contribution is 2.65. The number of likely N-dealkylation sites (N-methyl/N-ethyl adjacent to an activating group) is 1. The van der Waals surface area contributed by atoms with Gasteiger partial charge in [-0.2, -0.15) is 0 Å². The number of carbonyl (C=O) groups excluding carboxylic acids is 3. The number of ether oxygens (including phenoxy) is 4. The Balaban J connectivity index is 1.43. The van der Waals surface area contributed by atoms with Crippen LogP contribution in [0.15, 0.2) is 24.0 Å². The molecule has 5 rings (SSSR count). The zero-order valence-electron chi connectivity index (χ0n) is 19.6. The maximum absolute atomic E-state index is 12.9. The second-order valence-corrected chi connectivity index (χ2v) is 10.2. The Kier molecular flexibility index (Phi) is 5.62. The third kappa shape index (κ3) is 3.37. The summed E-state index contributed by atoms with van der Waals surface area (Å²) in [5.41, 5.74) is -0.297. The molecule has 10 nitrogen and oxygen atoms in total. The average molecular weight is 505 g/mol. The van der Waals surface area contributed by atoms with Gasteiger partial charge in [-0.3, -0.25) is 4.79 Å². The zero-order valence-corrected chi connectivity index (χ0v) is 20.8. The highest BCUT2D eigenvalue weighted by molar-refractivity contribution is 7.19.